The summed E-state index contributed by atoms with van der Waals surface area (Å²) >= 11 is 3.35. The van der Waals surface area contributed by atoms with E-state index in [9.17, 15) is 4.79 Å². The number of unbranched alkanes of at least 4 members (excludes halogenated alkanes) is 1. The molecule has 0 aliphatic heterocycles. The molecular weight excluding hydrogens is 246 g/mol. The van der Waals surface area contributed by atoms with Crippen molar-refractivity contribution in [3.05, 3.63) is 32.7 Å². The van der Waals surface area contributed by atoms with Gasteiger partial charge in [-0.25, -0.2) is 0 Å². The monoisotopic (exact) mass is 259 g/mol. The summed E-state index contributed by atoms with van der Waals surface area (Å²) in [6.07, 6.45) is 3.34. The molecule has 0 aliphatic carbocycles. The molecule has 0 bridgehead atoms. The van der Waals surface area contributed by atoms with Crippen molar-refractivity contribution in [2.75, 3.05) is 6.61 Å². The van der Waals surface area contributed by atoms with Gasteiger partial charge in [0.1, 0.15) is 0 Å². The van der Waals surface area contributed by atoms with Gasteiger partial charge in [-0.2, -0.15) is 0 Å². The van der Waals surface area contributed by atoms with E-state index in [0.29, 0.717) is 6.54 Å². The molecule has 0 aromatic carbocycles. The highest BCUT2D eigenvalue weighted by Gasteiger charge is 2.00. The molecule has 4 heteroatoms. The van der Waals surface area contributed by atoms with Crippen molar-refractivity contribution in [1.29, 1.82) is 0 Å². The Hall–Kier alpha value is -0.610. The van der Waals surface area contributed by atoms with E-state index in [2.05, 4.69) is 15.9 Å². The Morgan fingerprint density at radius 1 is 1.50 bits per heavy atom. The molecule has 0 unspecified atom stereocenters. The number of aryl methyl sites for hydroxylation is 2. The molecule has 1 aromatic rings. The number of hydrogen-bond donors (Lipinski definition) is 1. The average molecular weight is 260 g/mol. The fourth-order valence-electron chi connectivity index (χ4n) is 1.30. The minimum absolute atomic E-state index is 0.0474. The summed E-state index contributed by atoms with van der Waals surface area (Å²) in [5, 5.41) is 8.63. The van der Waals surface area contributed by atoms with Crippen LogP contribution < -0.4 is 5.56 Å². The Morgan fingerprint density at radius 2 is 2.21 bits per heavy atom. The van der Waals surface area contributed by atoms with Gasteiger partial charge in [-0.1, -0.05) is 0 Å². The number of hydrogen-bond acceptors (Lipinski definition) is 2. The topological polar surface area (TPSA) is 42.2 Å². The van der Waals surface area contributed by atoms with Gasteiger partial charge in [-0.05, 0) is 41.8 Å². The molecule has 14 heavy (non-hydrogen) atoms. The lowest BCUT2D eigenvalue weighted by Crippen LogP contribution is -2.21. The largest absolute Gasteiger partial charge is 0.396 e. The maximum absolute atomic E-state index is 11.6. The van der Waals surface area contributed by atoms with Crippen LogP contribution in [0.3, 0.4) is 0 Å². The lowest BCUT2D eigenvalue weighted by atomic mass is 10.3. The van der Waals surface area contributed by atoms with E-state index in [0.717, 1.165) is 22.9 Å². The zero-order valence-corrected chi connectivity index (χ0v) is 9.75. The molecule has 0 radical (unpaired) electrons. The summed E-state index contributed by atoms with van der Waals surface area (Å²) in [7, 11) is 0. The van der Waals surface area contributed by atoms with Gasteiger partial charge in [0.05, 0.1) is 0 Å². The van der Waals surface area contributed by atoms with Crippen LogP contribution in [0.5, 0.6) is 0 Å². The van der Waals surface area contributed by atoms with Crippen molar-refractivity contribution in [3.63, 3.8) is 0 Å². The zero-order valence-electron chi connectivity index (χ0n) is 8.16. The van der Waals surface area contributed by atoms with Crippen molar-refractivity contribution in [3.8, 4) is 0 Å². The summed E-state index contributed by atoms with van der Waals surface area (Å²) in [5.41, 5.74) is 0.787. The van der Waals surface area contributed by atoms with Crippen molar-refractivity contribution >= 4 is 15.9 Å². The van der Waals surface area contributed by atoms with Crippen molar-refractivity contribution in [2.45, 2.75) is 26.3 Å². The van der Waals surface area contributed by atoms with E-state index in [1.54, 1.807) is 17.7 Å². The summed E-state index contributed by atoms with van der Waals surface area (Å²) in [6.45, 7) is 2.65. The minimum atomic E-state index is 0.0474. The van der Waals surface area contributed by atoms with Crippen LogP contribution in [-0.4, -0.2) is 16.3 Å². The molecule has 1 N–H and O–H groups in total. The molecule has 0 saturated heterocycles. The van der Waals surface area contributed by atoms with Gasteiger partial charge >= 0.3 is 0 Å². The first-order chi connectivity index (χ1) is 6.65. The Kier molecular flexibility index (Phi) is 4.35. The second-order valence-electron chi connectivity index (χ2n) is 3.27. The third-order valence-electron chi connectivity index (χ3n) is 2.04. The van der Waals surface area contributed by atoms with Gasteiger partial charge in [0.2, 0.25) is 0 Å². The van der Waals surface area contributed by atoms with Crippen LogP contribution in [0.4, 0.5) is 0 Å². The minimum Gasteiger partial charge on any atom is -0.396 e. The van der Waals surface area contributed by atoms with Crippen LogP contribution in [0, 0.1) is 6.92 Å². The maximum Gasteiger partial charge on any atom is 0.253 e. The highest BCUT2D eigenvalue weighted by molar-refractivity contribution is 9.10. The fourth-order valence-corrected chi connectivity index (χ4v) is 1.89. The van der Waals surface area contributed by atoms with Crippen molar-refractivity contribution < 1.29 is 5.11 Å². The van der Waals surface area contributed by atoms with Crippen molar-refractivity contribution in [1.82, 2.24) is 4.57 Å². The normalized spacial score (nSPS) is 10.5. The molecule has 0 aliphatic rings. The third-order valence-corrected chi connectivity index (χ3v) is 2.47. The highest BCUT2D eigenvalue weighted by atomic mass is 79.9. The molecule has 1 heterocycles. The van der Waals surface area contributed by atoms with Crippen LogP contribution in [-0.2, 0) is 6.54 Å². The van der Waals surface area contributed by atoms with Crippen LogP contribution in [0.1, 0.15) is 18.4 Å². The molecule has 1 rings (SSSR count). The van der Waals surface area contributed by atoms with E-state index in [-0.39, 0.29) is 12.2 Å². The number of pyridine rings is 1. The molecular formula is C10H14BrNO2. The van der Waals surface area contributed by atoms with E-state index in [4.69, 9.17) is 5.11 Å². The van der Waals surface area contributed by atoms with Gasteiger partial charge in [-0.3, -0.25) is 4.79 Å². The predicted octanol–water partition coefficient (Wildman–Crippen LogP) is 1.69. The van der Waals surface area contributed by atoms with Crippen LogP contribution in [0.2, 0.25) is 0 Å². The lowest BCUT2D eigenvalue weighted by Gasteiger charge is -2.06. The fraction of sp³-hybridized carbons (Fsp3) is 0.500. The SMILES string of the molecule is Cc1cc(Br)cn(CCCCO)c1=O. The molecule has 0 atom stereocenters. The second-order valence-corrected chi connectivity index (χ2v) is 4.19. The van der Waals surface area contributed by atoms with Crippen LogP contribution >= 0.6 is 15.9 Å². The lowest BCUT2D eigenvalue weighted by molar-refractivity contribution is 0.281. The standard InChI is InChI=1S/C10H14BrNO2/c1-8-6-9(11)7-12(10(8)14)4-2-3-5-13/h6-7,13H,2-5H2,1H3. The van der Waals surface area contributed by atoms with E-state index in [1.807, 2.05) is 6.07 Å². The van der Waals surface area contributed by atoms with Crippen LogP contribution in [0.15, 0.2) is 21.5 Å². The number of halogens is 1. The van der Waals surface area contributed by atoms with E-state index < -0.39 is 0 Å². The summed E-state index contributed by atoms with van der Waals surface area (Å²) in [4.78, 5) is 11.6. The second kappa shape index (κ2) is 5.32. The summed E-state index contributed by atoms with van der Waals surface area (Å²) < 4.78 is 2.59. The Bertz CT molecular complexity index is 360. The quantitative estimate of drug-likeness (QED) is 0.837. The molecule has 1 aromatic heterocycles. The number of aromatic nitrogens is 1. The van der Waals surface area contributed by atoms with E-state index in [1.165, 1.54) is 0 Å². The van der Waals surface area contributed by atoms with Crippen LogP contribution in [0.25, 0.3) is 0 Å². The van der Waals surface area contributed by atoms with Gasteiger partial charge < -0.3 is 9.67 Å². The molecule has 0 spiro atoms. The maximum atomic E-state index is 11.6. The Labute approximate surface area is 91.5 Å². The smallest absolute Gasteiger partial charge is 0.253 e. The van der Waals surface area contributed by atoms with E-state index >= 15 is 0 Å². The zero-order chi connectivity index (χ0) is 10.6. The number of nitrogens with zero attached hydrogens (tertiary/aromatic N) is 1. The summed E-state index contributed by atoms with van der Waals surface area (Å²) in [5.74, 6) is 0. The number of aliphatic hydroxyl groups is 1. The van der Waals surface area contributed by atoms with Gasteiger partial charge in [0.15, 0.2) is 0 Å². The molecule has 0 saturated carbocycles. The first-order valence-electron chi connectivity index (χ1n) is 4.62. The molecule has 3 nitrogen and oxygen atoms in total. The third kappa shape index (κ3) is 2.96. The molecule has 0 amide bonds. The Morgan fingerprint density at radius 3 is 2.86 bits per heavy atom. The first kappa shape index (κ1) is 11.5. The van der Waals surface area contributed by atoms with Crippen molar-refractivity contribution in [2.24, 2.45) is 0 Å². The number of aliphatic hydroxyl groups excluding tert-OH is 1. The first-order valence-corrected chi connectivity index (χ1v) is 5.42. The van der Waals surface area contributed by atoms with Gasteiger partial charge in [0, 0.05) is 29.4 Å². The molecule has 78 valence electrons. The number of rotatable bonds is 4. The average Bonchev–Trinajstić information content (AvgIpc) is 2.13. The van der Waals surface area contributed by atoms with Gasteiger partial charge in [0.25, 0.3) is 5.56 Å². The summed E-state index contributed by atoms with van der Waals surface area (Å²) in [6, 6.07) is 1.81. The predicted molar refractivity (Wildman–Crippen MR) is 59.5 cm³/mol. The highest BCUT2D eigenvalue weighted by Crippen LogP contribution is 2.08. The van der Waals surface area contributed by atoms with Gasteiger partial charge in [-0.15, -0.1) is 0 Å². The Balaban J connectivity index is 2.81. The molecule has 0 fully saturated rings.